The van der Waals surface area contributed by atoms with E-state index in [0.717, 1.165) is 18.0 Å². The van der Waals surface area contributed by atoms with Gasteiger partial charge in [-0.1, -0.05) is 19.0 Å². The van der Waals surface area contributed by atoms with Crippen molar-refractivity contribution in [2.45, 2.75) is 50.7 Å². The number of rotatable bonds is 6. The summed E-state index contributed by atoms with van der Waals surface area (Å²) in [6.07, 6.45) is 1.82. The van der Waals surface area contributed by atoms with Crippen LogP contribution >= 0.6 is 11.8 Å². The monoisotopic (exact) mass is 229 g/mol. The van der Waals surface area contributed by atoms with Crippen LogP contribution in [0.1, 0.15) is 38.9 Å². The predicted molar refractivity (Wildman–Crippen MR) is 62.7 cm³/mol. The Balaban J connectivity index is 2.39. The van der Waals surface area contributed by atoms with E-state index in [1.54, 1.807) is 0 Å². The number of hydrogen-bond donors (Lipinski definition) is 1. The Kier molecular flexibility index (Phi) is 5.11. The van der Waals surface area contributed by atoms with Gasteiger partial charge in [0, 0.05) is 17.7 Å². The minimum Gasteiger partial charge on any atom is -0.339 e. The highest BCUT2D eigenvalue weighted by Crippen LogP contribution is 2.18. The molecule has 0 bridgehead atoms. The second kappa shape index (κ2) is 6.12. The molecule has 2 atom stereocenters. The first-order valence-electron chi connectivity index (χ1n) is 5.30. The van der Waals surface area contributed by atoms with Crippen molar-refractivity contribution in [1.82, 2.24) is 10.1 Å². The molecule has 0 saturated carbocycles. The number of nitrogens with two attached hydrogens (primary N) is 1. The van der Waals surface area contributed by atoms with Crippen LogP contribution in [0.15, 0.2) is 4.52 Å². The van der Waals surface area contributed by atoms with Gasteiger partial charge < -0.3 is 10.3 Å². The van der Waals surface area contributed by atoms with E-state index < -0.39 is 0 Å². The summed E-state index contributed by atoms with van der Waals surface area (Å²) in [7, 11) is 0. The normalized spacial score (nSPS) is 15.2. The third-order valence-electron chi connectivity index (χ3n) is 2.08. The van der Waals surface area contributed by atoms with Crippen molar-refractivity contribution in [3.63, 3.8) is 0 Å². The van der Waals surface area contributed by atoms with E-state index in [9.17, 15) is 0 Å². The van der Waals surface area contributed by atoms with Gasteiger partial charge in [0.1, 0.15) is 0 Å². The fraction of sp³-hybridized carbons (Fsp3) is 0.800. The maximum absolute atomic E-state index is 5.64. The van der Waals surface area contributed by atoms with E-state index in [4.69, 9.17) is 10.3 Å². The molecule has 1 aromatic rings. The molecule has 0 amide bonds. The summed E-state index contributed by atoms with van der Waals surface area (Å²) >= 11 is 1.85. The molecule has 2 N–H and O–H groups in total. The zero-order chi connectivity index (χ0) is 11.3. The SMILES string of the molecule is CCC(C)SCc1noc(CC(C)N)n1. The minimum atomic E-state index is 0.0699. The van der Waals surface area contributed by atoms with E-state index in [-0.39, 0.29) is 6.04 Å². The van der Waals surface area contributed by atoms with Gasteiger partial charge in [-0.3, -0.25) is 0 Å². The molecule has 0 aliphatic rings. The van der Waals surface area contributed by atoms with Crippen LogP contribution in [0.4, 0.5) is 0 Å². The molecule has 1 heterocycles. The Morgan fingerprint density at radius 3 is 2.80 bits per heavy atom. The average molecular weight is 229 g/mol. The van der Waals surface area contributed by atoms with E-state index in [0.29, 0.717) is 17.6 Å². The largest absolute Gasteiger partial charge is 0.339 e. The number of thioether (sulfide) groups is 1. The summed E-state index contributed by atoms with van der Waals surface area (Å²) < 4.78 is 5.09. The standard InChI is InChI=1S/C10H19N3OS/c1-4-8(3)15-6-9-12-10(14-13-9)5-7(2)11/h7-8H,4-6,11H2,1-3H3. The average Bonchev–Trinajstić information content (AvgIpc) is 2.61. The second-order valence-electron chi connectivity index (χ2n) is 3.82. The van der Waals surface area contributed by atoms with Crippen LogP contribution in [0.2, 0.25) is 0 Å². The number of hydrogen-bond acceptors (Lipinski definition) is 5. The van der Waals surface area contributed by atoms with Crippen LogP contribution in [0, 0.1) is 0 Å². The molecule has 0 saturated heterocycles. The van der Waals surface area contributed by atoms with Gasteiger partial charge in [0.25, 0.3) is 0 Å². The molecule has 0 aliphatic heterocycles. The fourth-order valence-corrected chi connectivity index (χ4v) is 1.83. The molecule has 1 rings (SSSR count). The number of nitrogens with zero attached hydrogens (tertiary/aromatic N) is 2. The quantitative estimate of drug-likeness (QED) is 0.808. The van der Waals surface area contributed by atoms with Gasteiger partial charge in [-0.05, 0) is 13.3 Å². The van der Waals surface area contributed by atoms with Crippen molar-refractivity contribution in [2.75, 3.05) is 0 Å². The van der Waals surface area contributed by atoms with Crippen molar-refractivity contribution >= 4 is 11.8 Å². The Labute approximate surface area is 95.0 Å². The van der Waals surface area contributed by atoms with Crippen LogP contribution < -0.4 is 5.73 Å². The highest BCUT2D eigenvalue weighted by Gasteiger charge is 2.09. The zero-order valence-corrected chi connectivity index (χ0v) is 10.4. The van der Waals surface area contributed by atoms with Crippen LogP contribution in [0.5, 0.6) is 0 Å². The highest BCUT2D eigenvalue weighted by molar-refractivity contribution is 7.99. The molecule has 0 aliphatic carbocycles. The molecule has 0 fully saturated rings. The van der Waals surface area contributed by atoms with Gasteiger partial charge in [0.05, 0.1) is 5.75 Å². The molecule has 0 radical (unpaired) electrons. The van der Waals surface area contributed by atoms with E-state index in [1.807, 2.05) is 18.7 Å². The molecule has 0 spiro atoms. The zero-order valence-electron chi connectivity index (χ0n) is 9.56. The van der Waals surface area contributed by atoms with Crippen LogP contribution in [-0.2, 0) is 12.2 Å². The Bertz CT molecular complexity index is 288. The third-order valence-corrected chi connectivity index (χ3v) is 3.41. The summed E-state index contributed by atoms with van der Waals surface area (Å²) in [6.45, 7) is 6.31. The first-order chi connectivity index (χ1) is 7.11. The summed E-state index contributed by atoms with van der Waals surface area (Å²) in [5, 5.41) is 4.55. The van der Waals surface area contributed by atoms with Gasteiger partial charge in [-0.25, -0.2) is 0 Å². The van der Waals surface area contributed by atoms with Crippen LogP contribution in [-0.4, -0.2) is 21.4 Å². The molecule has 2 unspecified atom stereocenters. The molecule has 86 valence electrons. The fourth-order valence-electron chi connectivity index (χ4n) is 1.04. The molecular weight excluding hydrogens is 210 g/mol. The van der Waals surface area contributed by atoms with Gasteiger partial charge in [-0.15, -0.1) is 0 Å². The minimum absolute atomic E-state index is 0.0699. The Morgan fingerprint density at radius 1 is 1.47 bits per heavy atom. The van der Waals surface area contributed by atoms with Crippen molar-refractivity contribution < 1.29 is 4.52 Å². The maximum Gasteiger partial charge on any atom is 0.228 e. The van der Waals surface area contributed by atoms with Gasteiger partial charge >= 0.3 is 0 Å². The van der Waals surface area contributed by atoms with E-state index >= 15 is 0 Å². The molecule has 0 aromatic carbocycles. The third kappa shape index (κ3) is 4.66. The summed E-state index contributed by atoms with van der Waals surface area (Å²) in [4.78, 5) is 4.28. The molecular formula is C10H19N3OS. The number of aromatic nitrogens is 2. The topological polar surface area (TPSA) is 64.9 Å². The summed E-state index contributed by atoms with van der Waals surface area (Å²) in [5.41, 5.74) is 5.64. The molecule has 1 aromatic heterocycles. The summed E-state index contributed by atoms with van der Waals surface area (Å²) in [6, 6.07) is 0.0699. The van der Waals surface area contributed by atoms with Gasteiger partial charge in [0.15, 0.2) is 5.82 Å². The Hall–Kier alpha value is -0.550. The predicted octanol–water partition coefficient (Wildman–Crippen LogP) is 1.99. The first kappa shape index (κ1) is 12.5. The van der Waals surface area contributed by atoms with Crippen LogP contribution in [0.3, 0.4) is 0 Å². The van der Waals surface area contributed by atoms with E-state index in [1.165, 1.54) is 0 Å². The van der Waals surface area contributed by atoms with E-state index in [2.05, 4.69) is 24.0 Å². The molecule has 4 nitrogen and oxygen atoms in total. The maximum atomic E-state index is 5.64. The lowest BCUT2D eigenvalue weighted by molar-refractivity contribution is 0.368. The van der Waals surface area contributed by atoms with Crippen molar-refractivity contribution in [3.05, 3.63) is 11.7 Å². The highest BCUT2D eigenvalue weighted by atomic mass is 32.2. The lowest BCUT2D eigenvalue weighted by Crippen LogP contribution is -2.17. The lowest BCUT2D eigenvalue weighted by Gasteiger charge is -2.04. The van der Waals surface area contributed by atoms with Gasteiger partial charge in [0.2, 0.25) is 5.89 Å². The Morgan fingerprint density at radius 2 is 2.20 bits per heavy atom. The molecule has 15 heavy (non-hydrogen) atoms. The second-order valence-corrected chi connectivity index (χ2v) is 5.24. The smallest absolute Gasteiger partial charge is 0.228 e. The summed E-state index contributed by atoms with van der Waals surface area (Å²) in [5.74, 6) is 2.23. The lowest BCUT2D eigenvalue weighted by atomic mass is 10.2. The van der Waals surface area contributed by atoms with Crippen LogP contribution in [0.25, 0.3) is 0 Å². The van der Waals surface area contributed by atoms with Crippen molar-refractivity contribution in [1.29, 1.82) is 0 Å². The van der Waals surface area contributed by atoms with Crippen molar-refractivity contribution in [2.24, 2.45) is 5.73 Å². The van der Waals surface area contributed by atoms with Crippen molar-refractivity contribution in [3.8, 4) is 0 Å². The van der Waals surface area contributed by atoms with Gasteiger partial charge in [-0.2, -0.15) is 16.7 Å². The molecule has 5 heteroatoms. The first-order valence-corrected chi connectivity index (χ1v) is 6.35.